The summed E-state index contributed by atoms with van der Waals surface area (Å²) in [5, 5.41) is 4.10. The topological polar surface area (TPSA) is 75.4 Å². The number of nitrogens with zero attached hydrogens (tertiary/aromatic N) is 3. The SMILES string of the molecule is O=C(c1ccco1)N1CCN(C(=O)[C@@H]2CC(Cc3ccccc3)=NO2)CC1. The summed E-state index contributed by atoms with van der Waals surface area (Å²) in [7, 11) is 0. The zero-order chi connectivity index (χ0) is 18.6. The summed E-state index contributed by atoms with van der Waals surface area (Å²) in [5.41, 5.74) is 2.03. The number of benzene rings is 1. The van der Waals surface area contributed by atoms with E-state index in [-0.39, 0.29) is 11.8 Å². The van der Waals surface area contributed by atoms with Crippen molar-refractivity contribution in [1.82, 2.24) is 9.80 Å². The molecule has 0 saturated carbocycles. The largest absolute Gasteiger partial charge is 0.459 e. The van der Waals surface area contributed by atoms with Crippen LogP contribution in [0, 0.1) is 0 Å². The highest BCUT2D eigenvalue weighted by molar-refractivity contribution is 5.94. The molecule has 1 saturated heterocycles. The second-order valence-electron chi connectivity index (χ2n) is 6.71. The van der Waals surface area contributed by atoms with Crippen LogP contribution >= 0.6 is 0 Å². The highest BCUT2D eigenvalue weighted by Crippen LogP contribution is 2.18. The Bertz CT molecular complexity index is 824. The van der Waals surface area contributed by atoms with Gasteiger partial charge in [0.2, 0.25) is 6.10 Å². The molecule has 0 N–H and O–H groups in total. The molecule has 0 aliphatic carbocycles. The van der Waals surface area contributed by atoms with Gasteiger partial charge in [0.05, 0.1) is 12.0 Å². The lowest BCUT2D eigenvalue weighted by molar-refractivity contribution is -0.143. The second-order valence-corrected chi connectivity index (χ2v) is 6.71. The van der Waals surface area contributed by atoms with Crippen LogP contribution in [0.1, 0.15) is 22.5 Å². The number of amides is 2. The van der Waals surface area contributed by atoms with Crippen molar-refractivity contribution in [3.63, 3.8) is 0 Å². The van der Waals surface area contributed by atoms with Gasteiger partial charge in [0.15, 0.2) is 5.76 Å². The lowest BCUT2D eigenvalue weighted by Gasteiger charge is -2.35. The minimum absolute atomic E-state index is 0.0630. The van der Waals surface area contributed by atoms with Crippen LogP contribution in [-0.2, 0) is 16.1 Å². The Morgan fingerprint density at radius 1 is 1.00 bits per heavy atom. The monoisotopic (exact) mass is 367 g/mol. The summed E-state index contributed by atoms with van der Waals surface area (Å²) in [5.74, 6) is 0.123. The van der Waals surface area contributed by atoms with Gasteiger partial charge in [-0.1, -0.05) is 35.5 Å². The van der Waals surface area contributed by atoms with Gasteiger partial charge in [0, 0.05) is 39.0 Å². The summed E-state index contributed by atoms with van der Waals surface area (Å²) < 4.78 is 5.16. The van der Waals surface area contributed by atoms with Crippen molar-refractivity contribution >= 4 is 17.5 Å². The third-order valence-electron chi connectivity index (χ3n) is 4.87. The first kappa shape index (κ1) is 17.3. The maximum Gasteiger partial charge on any atom is 0.289 e. The molecule has 0 spiro atoms. The van der Waals surface area contributed by atoms with Crippen LogP contribution < -0.4 is 0 Å². The fourth-order valence-electron chi connectivity index (χ4n) is 3.38. The lowest BCUT2D eigenvalue weighted by atomic mass is 10.0. The Morgan fingerprint density at radius 2 is 1.74 bits per heavy atom. The molecule has 1 aromatic heterocycles. The molecule has 0 radical (unpaired) electrons. The first-order chi connectivity index (χ1) is 13.2. The minimum Gasteiger partial charge on any atom is -0.459 e. The number of carbonyl (C=O) groups is 2. The van der Waals surface area contributed by atoms with E-state index in [1.807, 2.05) is 30.3 Å². The second kappa shape index (κ2) is 7.65. The fourth-order valence-corrected chi connectivity index (χ4v) is 3.38. The smallest absolute Gasteiger partial charge is 0.289 e. The highest BCUT2D eigenvalue weighted by Gasteiger charge is 2.34. The van der Waals surface area contributed by atoms with E-state index in [9.17, 15) is 9.59 Å². The summed E-state index contributed by atoms with van der Waals surface area (Å²) in [6, 6.07) is 13.4. The summed E-state index contributed by atoms with van der Waals surface area (Å²) >= 11 is 0. The molecule has 2 aliphatic heterocycles. The Labute approximate surface area is 157 Å². The van der Waals surface area contributed by atoms with Gasteiger partial charge in [-0.15, -0.1) is 0 Å². The van der Waals surface area contributed by atoms with E-state index in [4.69, 9.17) is 9.25 Å². The quantitative estimate of drug-likeness (QED) is 0.828. The van der Waals surface area contributed by atoms with E-state index in [1.165, 1.54) is 6.26 Å². The average molecular weight is 367 g/mol. The molecule has 2 amide bonds. The van der Waals surface area contributed by atoms with Crippen LogP contribution in [0.15, 0.2) is 58.3 Å². The van der Waals surface area contributed by atoms with Gasteiger partial charge >= 0.3 is 0 Å². The maximum absolute atomic E-state index is 12.7. The van der Waals surface area contributed by atoms with Crippen molar-refractivity contribution in [3.8, 4) is 0 Å². The lowest BCUT2D eigenvalue weighted by Crippen LogP contribution is -2.52. The van der Waals surface area contributed by atoms with Crippen molar-refractivity contribution in [2.24, 2.45) is 5.16 Å². The van der Waals surface area contributed by atoms with Gasteiger partial charge in [-0.25, -0.2) is 0 Å². The predicted octanol–water partition coefficient (Wildman–Crippen LogP) is 1.95. The van der Waals surface area contributed by atoms with Crippen LogP contribution in [0.4, 0.5) is 0 Å². The van der Waals surface area contributed by atoms with Gasteiger partial charge in [-0.05, 0) is 17.7 Å². The van der Waals surface area contributed by atoms with Gasteiger partial charge in [0.25, 0.3) is 11.8 Å². The molecule has 140 valence electrons. The number of furan rings is 1. The Hall–Kier alpha value is -3.09. The maximum atomic E-state index is 12.7. The van der Waals surface area contributed by atoms with Crippen LogP contribution in [0.5, 0.6) is 0 Å². The molecule has 7 nitrogen and oxygen atoms in total. The number of carbonyl (C=O) groups excluding carboxylic acids is 2. The molecule has 27 heavy (non-hydrogen) atoms. The molecular weight excluding hydrogens is 346 g/mol. The van der Waals surface area contributed by atoms with Crippen LogP contribution in [0.2, 0.25) is 0 Å². The Balaban J connectivity index is 1.27. The van der Waals surface area contributed by atoms with Crippen LogP contribution in [0.3, 0.4) is 0 Å². The number of piperazine rings is 1. The van der Waals surface area contributed by atoms with E-state index in [0.29, 0.717) is 44.8 Å². The number of oxime groups is 1. The van der Waals surface area contributed by atoms with Crippen molar-refractivity contribution in [1.29, 1.82) is 0 Å². The van der Waals surface area contributed by atoms with E-state index < -0.39 is 6.10 Å². The van der Waals surface area contributed by atoms with Gasteiger partial charge < -0.3 is 19.1 Å². The molecule has 3 heterocycles. The molecule has 4 rings (SSSR count). The fraction of sp³-hybridized carbons (Fsp3) is 0.350. The normalized spacial score (nSPS) is 19.6. The first-order valence-electron chi connectivity index (χ1n) is 9.08. The van der Waals surface area contributed by atoms with Crippen LogP contribution in [0.25, 0.3) is 0 Å². The molecule has 0 unspecified atom stereocenters. The predicted molar refractivity (Wildman–Crippen MR) is 98.3 cm³/mol. The highest BCUT2D eigenvalue weighted by atomic mass is 16.6. The minimum atomic E-state index is -0.559. The molecule has 1 aromatic carbocycles. The molecule has 2 aliphatic rings. The first-order valence-corrected chi connectivity index (χ1v) is 9.08. The standard InChI is InChI=1S/C20H21N3O4/c24-19(17-7-4-12-26-17)22-8-10-23(11-9-22)20(25)18-14-16(21-27-18)13-15-5-2-1-3-6-15/h1-7,12,18H,8-11,13-14H2/t18-/m0/s1. The van der Waals surface area contributed by atoms with E-state index in [1.54, 1.807) is 21.9 Å². The van der Waals surface area contributed by atoms with E-state index in [2.05, 4.69) is 5.16 Å². The van der Waals surface area contributed by atoms with Crippen molar-refractivity contribution in [3.05, 3.63) is 60.1 Å². The van der Waals surface area contributed by atoms with Crippen molar-refractivity contribution < 1.29 is 18.8 Å². The van der Waals surface area contributed by atoms with Gasteiger partial charge in [0.1, 0.15) is 0 Å². The number of hydrogen-bond acceptors (Lipinski definition) is 5. The number of rotatable bonds is 4. The summed E-state index contributed by atoms with van der Waals surface area (Å²) in [6.07, 6.45) is 2.13. The third-order valence-corrected chi connectivity index (χ3v) is 4.87. The zero-order valence-corrected chi connectivity index (χ0v) is 14.9. The van der Waals surface area contributed by atoms with Crippen molar-refractivity contribution in [2.75, 3.05) is 26.2 Å². The van der Waals surface area contributed by atoms with E-state index >= 15 is 0 Å². The van der Waals surface area contributed by atoms with Gasteiger partial charge in [-0.3, -0.25) is 9.59 Å². The van der Waals surface area contributed by atoms with Crippen LogP contribution in [-0.4, -0.2) is 59.6 Å². The summed E-state index contributed by atoms with van der Waals surface area (Å²) in [6.45, 7) is 1.93. The zero-order valence-electron chi connectivity index (χ0n) is 14.9. The van der Waals surface area contributed by atoms with Gasteiger partial charge in [-0.2, -0.15) is 0 Å². The van der Waals surface area contributed by atoms with Crippen molar-refractivity contribution in [2.45, 2.75) is 18.9 Å². The number of hydrogen-bond donors (Lipinski definition) is 0. The van der Waals surface area contributed by atoms with E-state index in [0.717, 1.165) is 11.3 Å². The average Bonchev–Trinajstić information content (AvgIpc) is 3.40. The Kier molecular flexibility index (Phi) is 4.91. The summed E-state index contributed by atoms with van der Waals surface area (Å²) in [4.78, 5) is 33.8. The molecule has 2 aromatic rings. The Morgan fingerprint density at radius 3 is 2.44 bits per heavy atom. The molecule has 7 heteroatoms. The molecule has 0 bridgehead atoms. The molecule has 1 fully saturated rings. The molecular formula is C20H21N3O4. The third kappa shape index (κ3) is 3.86. The molecule has 1 atom stereocenters.